The van der Waals surface area contributed by atoms with Gasteiger partial charge >= 0.3 is 0 Å². The topological polar surface area (TPSA) is 47.3 Å². The summed E-state index contributed by atoms with van der Waals surface area (Å²) in [6.07, 6.45) is 1.13. The van der Waals surface area contributed by atoms with Crippen molar-refractivity contribution >= 4 is 0 Å². The number of ether oxygens (including phenoxy) is 1. The molecule has 5 heteroatoms. The van der Waals surface area contributed by atoms with Crippen LogP contribution in [0.15, 0.2) is 36.4 Å². The summed E-state index contributed by atoms with van der Waals surface area (Å²) in [5.41, 5.74) is 5.03. The Hall–Kier alpha value is -1.98. The number of benzene rings is 2. The van der Waals surface area contributed by atoms with Crippen LogP contribution in [0.4, 0.5) is 8.78 Å². The van der Waals surface area contributed by atoms with Gasteiger partial charge in [-0.25, -0.2) is 8.78 Å². The smallest absolute Gasteiger partial charge is 0.126 e. The summed E-state index contributed by atoms with van der Waals surface area (Å²) < 4.78 is 32.5. The summed E-state index contributed by atoms with van der Waals surface area (Å²) in [5, 5.41) is 0. The lowest BCUT2D eigenvalue weighted by Gasteiger charge is -2.17. The molecule has 0 radical (unpaired) electrons. The third-order valence-corrected chi connectivity index (χ3v) is 3.75. The van der Waals surface area contributed by atoms with Crippen molar-refractivity contribution in [1.29, 1.82) is 0 Å². The molecule has 110 valence electrons. The van der Waals surface area contributed by atoms with E-state index in [1.165, 1.54) is 6.07 Å². The molecule has 1 aliphatic heterocycles. The first-order chi connectivity index (χ1) is 10.2. The lowest BCUT2D eigenvalue weighted by molar-refractivity contribution is 0.356. The van der Waals surface area contributed by atoms with Gasteiger partial charge in [-0.15, -0.1) is 0 Å². The fourth-order valence-electron chi connectivity index (χ4n) is 2.62. The summed E-state index contributed by atoms with van der Waals surface area (Å²) in [5.74, 6) is 5.59. The average molecular weight is 290 g/mol. The van der Waals surface area contributed by atoms with E-state index in [-0.39, 0.29) is 12.5 Å². The van der Waals surface area contributed by atoms with Gasteiger partial charge < -0.3 is 4.74 Å². The molecular weight excluding hydrogens is 274 g/mol. The highest BCUT2D eigenvalue weighted by atomic mass is 19.1. The molecule has 0 saturated heterocycles. The molecule has 1 aliphatic rings. The van der Waals surface area contributed by atoms with Crippen molar-refractivity contribution in [2.75, 3.05) is 6.61 Å². The lowest BCUT2D eigenvalue weighted by Crippen LogP contribution is -2.29. The summed E-state index contributed by atoms with van der Waals surface area (Å²) in [6, 6.07) is 8.95. The van der Waals surface area contributed by atoms with Crippen LogP contribution in [0.25, 0.3) is 0 Å². The normalized spacial score (nSPS) is 14.6. The summed E-state index contributed by atoms with van der Waals surface area (Å²) in [7, 11) is 0. The zero-order chi connectivity index (χ0) is 14.8. The first-order valence-corrected chi connectivity index (χ1v) is 6.83. The summed E-state index contributed by atoms with van der Waals surface area (Å²) in [6.45, 7) is 0.679. The van der Waals surface area contributed by atoms with E-state index in [9.17, 15) is 8.78 Å². The molecule has 1 unspecified atom stereocenters. The Bertz CT molecular complexity index is 661. The molecule has 2 aromatic rings. The largest absolute Gasteiger partial charge is 0.493 e. The first kappa shape index (κ1) is 14.0. The molecule has 0 aromatic heterocycles. The van der Waals surface area contributed by atoms with E-state index in [2.05, 4.69) is 5.43 Å². The Morgan fingerprint density at radius 2 is 2.05 bits per heavy atom. The van der Waals surface area contributed by atoms with Crippen molar-refractivity contribution in [2.24, 2.45) is 5.84 Å². The highest BCUT2D eigenvalue weighted by Gasteiger charge is 2.18. The average Bonchev–Trinajstić information content (AvgIpc) is 2.95. The van der Waals surface area contributed by atoms with Crippen molar-refractivity contribution in [3.05, 3.63) is 64.7 Å². The van der Waals surface area contributed by atoms with Crippen molar-refractivity contribution in [3.8, 4) is 5.75 Å². The molecule has 1 heterocycles. The number of hydrazine groups is 1. The van der Waals surface area contributed by atoms with Gasteiger partial charge in [0.05, 0.1) is 12.6 Å². The van der Waals surface area contributed by atoms with E-state index in [1.54, 1.807) is 0 Å². The monoisotopic (exact) mass is 290 g/mol. The Balaban J connectivity index is 1.86. The van der Waals surface area contributed by atoms with Gasteiger partial charge in [0, 0.05) is 6.42 Å². The number of fused-ring (bicyclic) bond motifs is 1. The van der Waals surface area contributed by atoms with E-state index in [4.69, 9.17) is 10.6 Å². The fraction of sp³-hybridized carbons (Fsp3) is 0.250. The van der Waals surface area contributed by atoms with Crippen molar-refractivity contribution in [2.45, 2.75) is 18.9 Å². The van der Waals surface area contributed by atoms with Crippen LogP contribution < -0.4 is 16.0 Å². The highest BCUT2D eigenvalue weighted by Crippen LogP contribution is 2.29. The predicted octanol–water partition coefficient (Wildman–Crippen LogP) is 2.65. The number of hydrogen-bond donors (Lipinski definition) is 2. The molecule has 0 aliphatic carbocycles. The maximum atomic E-state index is 13.7. The van der Waals surface area contributed by atoms with Crippen molar-refractivity contribution in [1.82, 2.24) is 5.43 Å². The number of hydrogen-bond acceptors (Lipinski definition) is 3. The zero-order valence-corrected chi connectivity index (χ0v) is 11.4. The minimum absolute atomic E-state index is 0.278. The molecule has 0 fully saturated rings. The quantitative estimate of drug-likeness (QED) is 0.672. The van der Waals surface area contributed by atoms with Crippen molar-refractivity contribution in [3.63, 3.8) is 0 Å². The van der Waals surface area contributed by atoms with E-state index < -0.39 is 11.6 Å². The molecule has 0 saturated carbocycles. The maximum absolute atomic E-state index is 13.7. The van der Waals surface area contributed by atoms with Gasteiger partial charge in [0.1, 0.15) is 17.4 Å². The van der Waals surface area contributed by atoms with Crippen LogP contribution in [0, 0.1) is 11.6 Å². The molecule has 3 nitrogen and oxygen atoms in total. The molecule has 0 amide bonds. The molecule has 3 N–H and O–H groups in total. The lowest BCUT2D eigenvalue weighted by atomic mass is 9.97. The molecule has 0 spiro atoms. The maximum Gasteiger partial charge on any atom is 0.126 e. The van der Waals surface area contributed by atoms with E-state index >= 15 is 0 Å². The molecule has 3 rings (SSSR count). The van der Waals surface area contributed by atoms with E-state index in [0.717, 1.165) is 35.4 Å². The van der Waals surface area contributed by atoms with Crippen LogP contribution in [0.2, 0.25) is 0 Å². The van der Waals surface area contributed by atoms with Gasteiger partial charge in [0.25, 0.3) is 0 Å². The number of nitrogens with one attached hydrogen (secondary N) is 1. The molecule has 21 heavy (non-hydrogen) atoms. The Morgan fingerprint density at radius 3 is 2.86 bits per heavy atom. The third-order valence-electron chi connectivity index (χ3n) is 3.75. The minimum Gasteiger partial charge on any atom is -0.493 e. The predicted molar refractivity (Wildman–Crippen MR) is 75.8 cm³/mol. The van der Waals surface area contributed by atoms with Gasteiger partial charge in [-0.2, -0.15) is 0 Å². The first-order valence-electron chi connectivity index (χ1n) is 6.83. The van der Waals surface area contributed by atoms with E-state index in [0.29, 0.717) is 12.2 Å². The number of rotatable bonds is 4. The van der Waals surface area contributed by atoms with Gasteiger partial charge in [-0.05, 0) is 47.4 Å². The standard InChI is InChI=1S/C16H16F2N2O/c17-13-2-3-14(18)12(8-13)9-15(20-19)10-1-4-16-11(7-10)5-6-21-16/h1-4,7-8,15,20H,5-6,9,19H2. The van der Waals surface area contributed by atoms with Gasteiger partial charge in [-0.3, -0.25) is 11.3 Å². The molecule has 2 aromatic carbocycles. The van der Waals surface area contributed by atoms with Crippen LogP contribution in [-0.4, -0.2) is 6.61 Å². The molecule has 1 atom stereocenters. The van der Waals surface area contributed by atoms with Gasteiger partial charge in [0.15, 0.2) is 0 Å². The molecule has 0 bridgehead atoms. The summed E-state index contributed by atoms with van der Waals surface area (Å²) in [4.78, 5) is 0. The zero-order valence-electron chi connectivity index (χ0n) is 11.4. The SMILES string of the molecule is NNC(Cc1cc(F)ccc1F)c1ccc2c(c1)CCO2. The van der Waals surface area contributed by atoms with Crippen LogP contribution in [0.5, 0.6) is 5.75 Å². The third kappa shape index (κ3) is 2.89. The summed E-state index contributed by atoms with van der Waals surface area (Å²) >= 11 is 0. The minimum atomic E-state index is -0.454. The van der Waals surface area contributed by atoms with Gasteiger partial charge in [-0.1, -0.05) is 12.1 Å². The van der Waals surface area contributed by atoms with Crippen LogP contribution in [0.1, 0.15) is 22.7 Å². The highest BCUT2D eigenvalue weighted by molar-refractivity contribution is 5.41. The Labute approximate surface area is 121 Å². The van der Waals surface area contributed by atoms with E-state index in [1.807, 2.05) is 18.2 Å². The second-order valence-electron chi connectivity index (χ2n) is 5.12. The number of halogens is 2. The second kappa shape index (κ2) is 5.79. The Kier molecular flexibility index (Phi) is 3.86. The van der Waals surface area contributed by atoms with Gasteiger partial charge in [0.2, 0.25) is 0 Å². The van der Waals surface area contributed by atoms with Crippen LogP contribution in [-0.2, 0) is 12.8 Å². The van der Waals surface area contributed by atoms with Crippen molar-refractivity contribution < 1.29 is 13.5 Å². The van der Waals surface area contributed by atoms with Crippen LogP contribution >= 0.6 is 0 Å². The Morgan fingerprint density at radius 1 is 1.19 bits per heavy atom. The second-order valence-corrected chi connectivity index (χ2v) is 5.12. The molecular formula is C16H16F2N2O. The number of nitrogens with two attached hydrogens (primary N) is 1. The fourth-order valence-corrected chi connectivity index (χ4v) is 2.62. The van der Waals surface area contributed by atoms with Crippen LogP contribution in [0.3, 0.4) is 0 Å².